The lowest BCUT2D eigenvalue weighted by Gasteiger charge is -2.45. The number of carbonyl (C=O) groups excluding carboxylic acids is 1. The Labute approximate surface area is 123 Å². The number of piperidine rings is 1. The van der Waals surface area contributed by atoms with Crippen molar-refractivity contribution in [3.63, 3.8) is 0 Å². The molecule has 3 rings (SSSR count). The molecule has 2 aliphatic carbocycles. The van der Waals surface area contributed by atoms with Crippen LogP contribution in [0.15, 0.2) is 0 Å². The summed E-state index contributed by atoms with van der Waals surface area (Å²) < 4.78 is 0. The minimum Gasteiger partial charge on any atom is -0.353 e. The quantitative estimate of drug-likeness (QED) is 0.815. The second-order valence-electron chi connectivity index (χ2n) is 7.30. The van der Waals surface area contributed by atoms with Gasteiger partial charge in [-0.25, -0.2) is 0 Å². The van der Waals surface area contributed by atoms with Gasteiger partial charge in [-0.15, -0.1) is 0 Å². The summed E-state index contributed by atoms with van der Waals surface area (Å²) in [6, 6.07) is 0.420. The highest BCUT2D eigenvalue weighted by Crippen LogP contribution is 2.35. The first-order chi connectivity index (χ1) is 9.77. The first kappa shape index (κ1) is 14.4. The number of rotatable bonds is 2. The highest BCUT2D eigenvalue weighted by Gasteiger charge is 2.37. The predicted molar refractivity (Wildman–Crippen MR) is 81.6 cm³/mol. The lowest BCUT2D eigenvalue weighted by molar-refractivity contribution is -0.127. The van der Waals surface area contributed by atoms with E-state index in [2.05, 4.69) is 10.6 Å². The van der Waals surface area contributed by atoms with Gasteiger partial charge in [0.2, 0.25) is 5.91 Å². The van der Waals surface area contributed by atoms with Crippen LogP contribution >= 0.6 is 0 Å². The molecule has 0 radical (unpaired) electrons. The van der Waals surface area contributed by atoms with Crippen LogP contribution in [-0.4, -0.2) is 24.0 Å². The molecule has 3 nitrogen and oxygen atoms in total. The van der Waals surface area contributed by atoms with Crippen LogP contribution in [0.4, 0.5) is 0 Å². The molecule has 0 aromatic carbocycles. The van der Waals surface area contributed by atoms with E-state index in [1.165, 1.54) is 51.4 Å². The molecule has 1 amide bonds. The van der Waals surface area contributed by atoms with Gasteiger partial charge in [0.1, 0.15) is 0 Å². The lowest BCUT2D eigenvalue weighted by atomic mass is 9.74. The Morgan fingerprint density at radius 3 is 2.40 bits per heavy atom. The Morgan fingerprint density at radius 2 is 1.65 bits per heavy atom. The molecule has 0 aromatic rings. The van der Waals surface area contributed by atoms with Crippen LogP contribution in [0.1, 0.15) is 77.0 Å². The Balaban J connectivity index is 1.52. The molecule has 1 aliphatic heterocycles. The molecule has 0 bridgehead atoms. The smallest absolute Gasteiger partial charge is 0.223 e. The van der Waals surface area contributed by atoms with Crippen molar-refractivity contribution in [3.8, 4) is 0 Å². The topological polar surface area (TPSA) is 41.1 Å². The van der Waals surface area contributed by atoms with E-state index in [-0.39, 0.29) is 0 Å². The van der Waals surface area contributed by atoms with Crippen LogP contribution < -0.4 is 10.6 Å². The lowest BCUT2D eigenvalue weighted by Crippen LogP contribution is -2.57. The summed E-state index contributed by atoms with van der Waals surface area (Å²) >= 11 is 0. The Kier molecular flexibility index (Phi) is 4.65. The normalized spacial score (nSPS) is 31.1. The Morgan fingerprint density at radius 1 is 0.950 bits per heavy atom. The number of carbonyl (C=O) groups is 1. The van der Waals surface area contributed by atoms with Crippen LogP contribution in [0.3, 0.4) is 0 Å². The summed E-state index contributed by atoms with van der Waals surface area (Å²) in [7, 11) is 0. The molecule has 20 heavy (non-hydrogen) atoms. The van der Waals surface area contributed by atoms with Gasteiger partial charge in [0, 0.05) is 17.5 Å². The molecule has 1 atom stereocenters. The van der Waals surface area contributed by atoms with E-state index in [1.807, 2.05) is 0 Å². The van der Waals surface area contributed by atoms with Crippen molar-refractivity contribution < 1.29 is 4.79 Å². The standard InChI is InChI=1S/C17H30N2O/c20-16(14-7-3-1-4-8-14)19-15-9-12-18-17(13-15)10-5-2-6-11-17/h14-15,18H,1-13H2,(H,19,20). The maximum Gasteiger partial charge on any atom is 0.223 e. The van der Waals surface area contributed by atoms with Crippen LogP contribution in [0, 0.1) is 5.92 Å². The van der Waals surface area contributed by atoms with Crippen molar-refractivity contribution in [2.24, 2.45) is 5.92 Å². The fourth-order valence-corrected chi connectivity index (χ4v) is 4.57. The van der Waals surface area contributed by atoms with E-state index in [9.17, 15) is 4.79 Å². The summed E-state index contributed by atoms with van der Waals surface area (Å²) in [5.74, 6) is 0.656. The van der Waals surface area contributed by atoms with Crippen molar-refractivity contribution in [2.75, 3.05) is 6.54 Å². The van der Waals surface area contributed by atoms with Crippen molar-refractivity contribution >= 4 is 5.91 Å². The average molecular weight is 278 g/mol. The zero-order valence-electron chi connectivity index (χ0n) is 12.8. The zero-order chi connectivity index (χ0) is 13.8. The molecule has 1 unspecified atom stereocenters. The number of nitrogens with one attached hydrogen (secondary N) is 2. The van der Waals surface area contributed by atoms with E-state index in [0.29, 0.717) is 23.4 Å². The van der Waals surface area contributed by atoms with Crippen LogP contribution in [0.2, 0.25) is 0 Å². The summed E-state index contributed by atoms with van der Waals surface area (Å²) in [6.45, 7) is 1.08. The summed E-state index contributed by atoms with van der Waals surface area (Å²) in [5.41, 5.74) is 0.348. The highest BCUT2D eigenvalue weighted by molar-refractivity contribution is 5.79. The molecule has 114 valence electrons. The van der Waals surface area contributed by atoms with Gasteiger partial charge < -0.3 is 10.6 Å². The highest BCUT2D eigenvalue weighted by atomic mass is 16.1. The van der Waals surface area contributed by atoms with Gasteiger partial charge in [0.25, 0.3) is 0 Å². The van der Waals surface area contributed by atoms with Gasteiger partial charge >= 0.3 is 0 Å². The second-order valence-corrected chi connectivity index (χ2v) is 7.30. The molecule has 3 heteroatoms. The maximum absolute atomic E-state index is 12.4. The minimum absolute atomic E-state index is 0.306. The van der Waals surface area contributed by atoms with Crippen LogP contribution in [0.5, 0.6) is 0 Å². The van der Waals surface area contributed by atoms with E-state index in [0.717, 1.165) is 32.2 Å². The number of hydrogen-bond acceptors (Lipinski definition) is 2. The molecular weight excluding hydrogens is 248 g/mol. The first-order valence-corrected chi connectivity index (χ1v) is 8.83. The van der Waals surface area contributed by atoms with Gasteiger partial charge in [-0.2, -0.15) is 0 Å². The third-order valence-corrected chi connectivity index (χ3v) is 5.76. The molecule has 1 spiro atoms. The molecule has 2 saturated carbocycles. The van der Waals surface area contributed by atoms with Gasteiger partial charge in [-0.3, -0.25) is 4.79 Å². The monoisotopic (exact) mass is 278 g/mol. The van der Waals surface area contributed by atoms with Gasteiger partial charge in [0.05, 0.1) is 0 Å². The molecule has 0 aromatic heterocycles. The van der Waals surface area contributed by atoms with Gasteiger partial charge in [-0.1, -0.05) is 38.5 Å². The van der Waals surface area contributed by atoms with Crippen molar-refractivity contribution in [3.05, 3.63) is 0 Å². The molecule has 2 N–H and O–H groups in total. The minimum atomic E-state index is 0.306. The van der Waals surface area contributed by atoms with Crippen LogP contribution in [-0.2, 0) is 4.79 Å². The van der Waals surface area contributed by atoms with Gasteiger partial charge in [-0.05, 0) is 45.1 Å². The molecule has 1 saturated heterocycles. The second kappa shape index (κ2) is 6.46. The van der Waals surface area contributed by atoms with E-state index < -0.39 is 0 Å². The van der Waals surface area contributed by atoms with Crippen LogP contribution in [0.25, 0.3) is 0 Å². The number of amides is 1. The molecular formula is C17H30N2O. The fraction of sp³-hybridized carbons (Fsp3) is 0.941. The predicted octanol–water partition coefficient (Wildman–Crippen LogP) is 3.14. The largest absolute Gasteiger partial charge is 0.353 e. The Bertz CT molecular complexity index is 324. The van der Waals surface area contributed by atoms with E-state index >= 15 is 0 Å². The summed E-state index contributed by atoms with van der Waals surface area (Å²) in [4.78, 5) is 12.4. The Hall–Kier alpha value is -0.570. The van der Waals surface area contributed by atoms with Gasteiger partial charge in [0.15, 0.2) is 0 Å². The third-order valence-electron chi connectivity index (χ3n) is 5.76. The fourth-order valence-electron chi connectivity index (χ4n) is 4.57. The van der Waals surface area contributed by atoms with E-state index in [4.69, 9.17) is 0 Å². The zero-order valence-corrected chi connectivity index (χ0v) is 12.8. The van der Waals surface area contributed by atoms with Crippen molar-refractivity contribution in [1.29, 1.82) is 0 Å². The number of hydrogen-bond donors (Lipinski definition) is 2. The third kappa shape index (κ3) is 3.36. The first-order valence-electron chi connectivity index (χ1n) is 8.83. The molecule has 3 aliphatic rings. The molecule has 1 heterocycles. The maximum atomic E-state index is 12.4. The summed E-state index contributed by atoms with van der Waals surface area (Å²) in [6.07, 6.45) is 15.0. The average Bonchev–Trinajstić information content (AvgIpc) is 2.49. The van der Waals surface area contributed by atoms with Crippen molar-refractivity contribution in [1.82, 2.24) is 10.6 Å². The molecule has 3 fully saturated rings. The van der Waals surface area contributed by atoms with E-state index in [1.54, 1.807) is 0 Å². The van der Waals surface area contributed by atoms with Crippen molar-refractivity contribution in [2.45, 2.75) is 88.6 Å². The summed E-state index contributed by atoms with van der Waals surface area (Å²) in [5, 5.41) is 7.15. The SMILES string of the molecule is O=C(NC1CCNC2(CCCCC2)C1)C1CCCCC1.